The van der Waals surface area contributed by atoms with Crippen molar-refractivity contribution in [3.8, 4) is 11.5 Å². The lowest BCUT2D eigenvalue weighted by Crippen LogP contribution is -2.19. The van der Waals surface area contributed by atoms with Crippen LogP contribution < -0.4 is 14.9 Å². The Hall–Kier alpha value is -2.82. The SMILES string of the molecule is CCCOc1ccc(/C=N/NC(=O)Cc2ccccc2)cc1OCC. The first kappa shape index (κ1) is 18.5. The first-order valence-corrected chi connectivity index (χ1v) is 8.48. The van der Waals surface area contributed by atoms with Gasteiger partial charge >= 0.3 is 0 Å². The molecule has 2 rings (SSSR count). The Morgan fingerprint density at radius 2 is 1.88 bits per heavy atom. The van der Waals surface area contributed by atoms with Crippen LogP contribution in [-0.4, -0.2) is 25.3 Å². The normalized spacial score (nSPS) is 10.6. The summed E-state index contributed by atoms with van der Waals surface area (Å²) >= 11 is 0. The number of rotatable bonds is 9. The second-order valence-corrected chi connectivity index (χ2v) is 5.44. The molecule has 0 aromatic heterocycles. The molecule has 0 bridgehead atoms. The van der Waals surface area contributed by atoms with Gasteiger partial charge in [0.1, 0.15) is 0 Å². The number of hydrogen-bond donors (Lipinski definition) is 1. The molecule has 0 heterocycles. The third-order valence-electron chi connectivity index (χ3n) is 3.34. The Morgan fingerprint density at radius 3 is 2.60 bits per heavy atom. The Bertz CT molecular complexity index is 699. The molecule has 0 saturated carbocycles. The van der Waals surface area contributed by atoms with Gasteiger partial charge in [0.15, 0.2) is 11.5 Å². The highest BCUT2D eigenvalue weighted by Crippen LogP contribution is 2.28. The quantitative estimate of drug-likeness (QED) is 0.561. The molecule has 0 aliphatic carbocycles. The molecule has 5 heteroatoms. The molecule has 1 N–H and O–H groups in total. The third kappa shape index (κ3) is 6.30. The van der Waals surface area contributed by atoms with Crippen LogP contribution in [0.3, 0.4) is 0 Å². The minimum atomic E-state index is -0.157. The largest absolute Gasteiger partial charge is 0.490 e. The number of nitrogens with one attached hydrogen (secondary N) is 1. The minimum absolute atomic E-state index is 0.157. The lowest BCUT2D eigenvalue weighted by atomic mass is 10.1. The van der Waals surface area contributed by atoms with E-state index in [1.165, 1.54) is 0 Å². The zero-order valence-electron chi connectivity index (χ0n) is 14.7. The van der Waals surface area contributed by atoms with Crippen LogP contribution in [0.4, 0.5) is 0 Å². The maximum Gasteiger partial charge on any atom is 0.244 e. The molecule has 0 aliphatic rings. The number of carbonyl (C=O) groups is 1. The van der Waals surface area contributed by atoms with E-state index in [2.05, 4.69) is 17.5 Å². The van der Waals surface area contributed by atoms with Crippen molar-refractivity contribution in [2.24, 2.45) is 5.10 Å². The van der Waals surface area contributed by atoms with E-state index in [9.17, 15) is 4.79 Å². The van der Waals surface area contributed by atoms with Crippen molar-refractivity contribution < 1.29 is 14.3 Å². The summed E-state index contributed by atoms with van der Waals surface area (Å²) in [7, 11) is 0. The molecular weight excluding hydrogens is 316 g/mol. The number of benzene rings is 2. The lowest BCUT2D eigenvalue weighted by molar-refractivity contribution is -0.120. The zero-order valence-corrected chi connectivity index (χ0v) is 14.7. The van der Waals surface area contributed by atoms with Gasteiger partial charge in [0.05, 0.1) is 25.8 Å². The van der Waals surface area contributed by atoms with Crippen LogP contribution in [-0.2, 0) is 11.2 Å². The fraction of sp³-hybridized carbons (Fsp3) is 0.300. The van der Waals surface area contributed by atoms with Crippen molar-refractivity contribution >= 4 is 12.1 Å². The average Bonchev–Trinajstić information content (AvgIpc) is 2.62. The maximum absolute atomic E-state index is 11.9. The van der Waals surface area contributed by atoms with Crippen molar-refractivity contribution in [2.45, 2.75) is 26.7 Å². The monoisotopic (exact) mass is 340 g/mol. The van der Waals surface area contributed by atoms with E-state index in [4.69, 9.17) is 9.47 Å². The summed E-state index contributed by atoms with van der Waals surface area (Å²) in [5, 5.41) is 4.01. The fourth-order valence-corrected chi connectivity index (χ4v) is 2.20. The van der Waals surface area contributed by atoms with Crippen molar-refractivity contribution in [3.05, 3.63) is 59.7 Å². The second-order valence-electron chi connectivity index (χ2n) is 5.44. The van der Waals surface area contributed by atoms with E-state index in [1.54, 1.807) is 6.21 Å². The van der Waals surface area contributed by atoms with E-state index in [-0.39, 0.29) is 5.91 Å². The van der Waals surface area contributed by atoms with Gasteiger partial charge in [-0.25, -0.2) is 5.43 Å². The molecule has 132 valence electrons. The van der Waals surface area contributed by atoms with Crippen LogP contribution >= 0.6 is 0 Å². The summed E-state index contributed by atoms with van der Waals surface area (Å²) < 4.78 is 11.3. The van der Waals surface area contributed by atoms with Gasteiger partial charge in [0.2, 0.25) is 5.91 Å². The molecule has 0 unspecified atom stereocenters. The summed E-state index contributed by atoms with van der Waals surface area (Å²) in [5.41, 5.74) is 4.31. The van der Waals surface area contributed by atoms with E-state index >= 15 is 0 Å². The van der Waals surface area contributed by atoms with Gasteiger partial charge < -0.3 is 9.47 Å². The van der Waals surface area contributed by atoms with Gasteiger partial charge in [0, 0.05) is 0 Å². The van der Waals surface area contributed by atoms with Crippen LogP contribution in [0.2, 0.25) is 0 Å². The minimum Gasteiger partial charge on any atom is -0.490 e. The van der Waals surface area contributed by atoms with Gasteiger partial charge in [-0.3, -0.25) is 4.79 Å². The van der Waals surface area contributed by atoms with Crippen LogP contribution in [0.15, 0.2) is 53.6 Å². The zero-order chi connectivity index (χ0) is 17.9. The predicted octanol–water partition coefficient (Wildman–Crippen LogP) is 3.57. The van der Waals surface area contributed by atoms with Gasteiger partial charge in [-0.2, -0.15) is 5.10 Å². The molecule has 0 radical (unpaired) electrons. The van der Waals surface area contributed by atoms with Crippen molar-refractivity contribution in [3.63, 3.8) is 0 Å². The molecule has 2 aromatic carbocycles. The smallest absolute Gasteiger partial charge is 0.244 e. The standard InChI is InChI=1S/C20H24N2O3/c1-3-12-25-18-11-10-17(13-19(18)24-4-2)15-21-22-20(23)14-16-8-6-5-7-9-16/h5-11,13,15H,3-4,12,14H2,1-2H3,(H,22,23)/b21-15+. The Kier molecular flexibility index (Phi) is 7.50. The highest BCUT2D eigenvalue weighted by Gasteiger charge is 2.06. The van der Waals surface area contributed by atoms with Crippen molar-refractivity contribution in [1.29, 1.82) is 0 Å². The topological polar surface area (TPSA) is 59.9 Å². The van der Waals surface area contributed by atoms with Crippen LogP contribution in [0, 0.1) is 0 Å². The molecule has 2 aromatic rings. The van der Waals surface area contributed by atoms with Crippen molar-refractivity contribution in [2.75, 3.05) is 13.2 Å². The number of hydrogen-bond acceptors (Lipinski definition) is 4. The van der Waals surface area contributed by atoms with Crippen molar-refractivity contribution in [1.82, 2.24) is 5.43 Å². The summed E-state index contributed by atoms with van der Waals surface area (Å²) in [6.45, 7) is 5.17. The summed E-state index contributed by atoms with van der Waals surface area (Å²) in [4.78, 5) is 11.9. The van der Waals surface area contributed by atoms with E-state index < -0.39 is 0 Å². The second kappa shape index (κ2) is 10.1. The highest BCUT2D eigenvalue weighted by molar-refractivity contribution is 5.84. The fourth-order valence-electron chi connectivity index (χ4n) is 2.20. The van der Waals surface area contributed by atoms with Gasteiger partial charge in [-0.1, -0.05) is 37.3 Å². The van der Waals surface area contributed by atoms with Gasteiger partial charge in [-0.15, -0.1) is 0 Å². The number of nitrogens with zero attached hydrogens (tertiary/aromatic N) is 1. The summed E-state index contributed by atoms with van der Waals surface area (Å²) in [5.74, 6) is 1.24. The van der Waals surface area contributed by atoms with Gasteiger partial charge in [-0.05, 0) is 42.7 Å². The molecular formula is C20H24N2O3. The average molecular weight is 340 g/mol. The number of hydrazone groups is 1. The van der Waals surface area contributed by atoms with Crippen LogP contribution in [0.25, 0.3) is 0 Å². The summed E-state index contributed by atoms with van der Waals surface area (Å²) in [6, 6.07) is 15.1. The third-order valence-corrected chi connectivity index (χ3v) is 3.34. The molecule has 0 saturated heterocycles. The Balaban J connectivity index is 1.95. The first-order chi connectivity index (χ1) is 12.2. The molecule has 0 atom stereocenters. The van der Waals surface area contributed by atoms with Gasteiger partial charge in [0.25, 0.3) is 0 Å². The number of amides is 1. The molecule has 25 heavy (non-hydrogen) atoms. The number of ether oxygens (including phenoxy) is 2. The first-order valence-electron chi connectivity index (χ1n) is 8.48. The van der Waals surface area contributed by atoms with E-state index in [0.29, 0.717) is 31.1 Å². The Labute approximate surface area is 148 Å². The Morgan fingerprint density at radius 1 is 1.08 bits per heavy atom. The predicted molar refractivity (Wildman–Crippen MR) is 99.3 cm³/mol. The van der Waals surface area contributed by atoms with E-state index in [1.807, 2.05) is 55.5 Å². The molecule has 1 amide bonds. The molecule has 0 fully saturated rings. The molecule has 0 spiro atoms. The summed E-state index contributed by atoms with van der Waals surface area (Å²) in [6.07, 6.45) is 2.82. The van der Waals surface area contributed by atoms with Crippen LogP contribution in [0.5, 0.6) is 11.5 Å². The molecule has 5 nitrogen and oxygen atoms in total. The van der Waals surface area contributed by atoms with Crippen LogP contribution in [0.1, 0.15) is 31.4 Å². The highest BCUT2D eigenvalue weighted by atomic mass is 16.5. The lowest BCUT2D eigenvalue weighted by Gasteiger charge is -2.11. The number of carbonyl (C=O) groups excluding carboxylic acids is 1. The van der Waals surface area contributed by atoms with E-state index in [0.717, 1.165) is 17.5 Å². The maximum atomic E-state index is 11.9. The molecule has 0 aliphatic heterocycles.